The van der Waals surface area contributed by atoms with E-state index in [0.717, 1.165) is 30.2 Å². The number of ether oxygens (including phenoxy) is 1. The molecule has 1 aliphatic rings. The van der Waals surface area contributed by atoms with Crippen LogP contribution >= 0.6 is 12.2 Å². The van der Waals surface area contributed by atoms with Gasteiger partial charge in [-0.15, -0.1) is 0 Å². The summed E-state index contributed by atoms with van der Waals surface area (Å²) in [5, 5.41) is 10.3. The number of methoxy groups -OCH3 is 1. The fraction of sp³-hybridized carbons (Fsp3) is 0.571. The molecule has 29 heavy (non-hydrogen) atoms. The van der Waals surface area contributed by atoms with Crippen LogP contribution in [-0.2, 0) is 11.3 Å². The van der Waals surface area contributed by atoms with Gasteiger partial charge in [0.05, 0.1) is 7.11 Å². The van der Waals surface area contributed by atoms with Gasteiger partial charge in [0, 0.05) is 30.6 Å². The SMILES string of the molecule is COc1ccc(-c2n[nH]c(=S)n2CCC(=O)NCC(C)(C)N2CCCCC2)cc1. The topological polar surface area (TPSA) is 75.2 Å². The highest BCUT2D eigenvalue weighted by atomic mass is 32.1. The molecule has 0 aliphatic carbocycles. The molecule has 1 fully saturated rings. The first-order valence-electron chi connectivity index (χ1n) is 10.2. The first-order valence-corrected chi connectivity index (χ1v) is 10.6. The fourth-order valence-corrected chi connectivity index (χ4v) is 3.94. The van der Waals surface area contributed by atoms with Crippen molar-refractivity contribution >= 4 is 18.1 Å². The molecule has 3 rings (SSSR count). The third kappa shape index (κ3) is 5.45. The molecule has 0 spiro atoms. The van der Waals surface area contributed by atoms with Crippen molar-refractivity contribution in [1.82, 2.24) is 25.0 Å². The van der Waals surface area contributed by atoms with Crippen LogP contribution in [0.25, 0.3) is 11.4 Å². The number of likely N-dealkylation sites (tertiary alicyclic amines) is 1. The number of rotatable bonds is 8. The van der Waals surface area contributed by atoms with E-state index in [4.69, 9.17) is 17.0 Å². The maximum Gasteiger partial charge on any atom is 0.221 e. The van der Waals surface area contributed by atoms with Crippen molar-refractivity contribution in [3.05, 3.63) is 29.0 Å². The Labute approximate surface area is 177 Å². The second-order valence-electron chi connectivity index (χ2n) is 8.12. The summed E-state index contributed by atoms with van der Waals surface area (Å²) in [6.45, 7) is 7.75. The molecule has 0 atom stereocenters. The van der Waals surface area contributed by atoms with Crippen molar-refractivity contribution < 1.29 is 9.53 Å². The minimum absolute atomic E-state index is 0.0267. The van der Waals surface area contributed by atoms with Gasteiger partial charge in [0.1, 0.15) is 5.75 Å². The van der Waals surface area contributed by atoms with Crippen LogP contribution in [0.4, 0.5) is 0 Å². The molecule has 1 aromatic heterocycles. The molecule has 1 aliphatic heterocycles. The summed E-state index contributed by atoms with van der Waals surface area (Å²) in [7, 11) is 1.64. The fourth-order valence-electron chi connectivity index (χ4n) is 3.71. The average molecular weight is 418 g/mol. The predicted molar refractivity (Wildman–Crippen MR) is 117 cm³/mol. The molecule has 1 saturated heterocycles. The number of hydrogen-bond acceptors (Lipinski definition) is 5. The molecular formula is C21H31N5O2S. The zero-order valence-electron chi connectivity index (χ0n) is 17.5. The van der Waals surface area contributed by atoms with Crippen LogP contribution in [0.5, 0.6) is 5.75 Å². The van der Waals surface area contributed by atoms with E-state index in [1.165, 1.54) is 19.3 Å². The van der Waals surface area contributed by atoms with Gasteiger partial charge in [-0.1, -0.05) is 6.42 Å². The van der Waals surface area contributed by atoms with Gasteiger partial charge in [0.15, 0.2) is 10.6 Å². The molecule has 158 valence electrons. The first-order chi connectivity index (χ1) is 13.9. The lowest BCUT2D eigenvalue weighted by Gasteiger charge is -2.41. The Balaban J connectivity index is 1.57. The van der Waals surface area contributed by atoms with E-state index < -0.39 is 0 Å². The predicted octanol–water partition coefficient (Wildman–Crippen LogP) is 3.39. The number of nitrogens with one attached hydrogen (secondary N) is 2. The van der Waals surface area contributed by atoms with Gasteiger partial charge in [-0.2, -0.15) is 5.10 Å². The monoisotopic (exact) mass is 417 g/mol. The molecule has 7 nitrogen and oxygen atoms in total. The van der Waals surface area contributed by atoms with Crippen LogP contribution in [-0.4, -0.2) is 57.9 Å². The van der Waals surface area contributed by atoms with Gasteiger partial charge in [0.2, 0.25) is 5.91 Å². The van der Waals surface area contributed by atoms with Crippen molar-refractivity contribution in [2.24, 2.45) is 0 Å². The smallest absolute Gasteiger partial charge is 0.221 e. The summed E-state index contributed by atoms with van der Waals surface area (Å²) in [5.74, 6) is 1.53. The van der Waals surface area contributed by atoms with Gasteiger partial charge >= 0.3 is 0 Å². The van der Waals surface area contributed by atoms with E-state index in [0.29, 0.717) is 24.3 Å². The lowest BCUT2D eigenvalue weighted by molar-refractivity contribution is -0.121. The highest BCUT2D eigenvalue weighted by Crippen LogP contribution is 2.22. The Kier molecular flexibility index (Phi) is 7.08. The zero-order valence-corrected chi connectivity index (χ0v) is 18.3. The number of amides is 1. The van der Waals surface area contributed by atoms with Crippen molar-refractivity contribution in [3.63, 3.8) is 0 Å². The standard InChI is InChI=1S/C21H31N5O2S/c1-21(2,25-12-5-4-6-13-25)15-22-18(27)11-14-26-19(23-24-20(26)29)16-7-9-17(28-3)10-8-16/h7-10H,4-6,11-15H2,1-3H3,(H,22,27)(H,24,29). The average Bonchev–Trinajstić information content (AvgIpc) is 3.12. The number of piperidine rings is 1. The minimum Gasteiger partial charge on any atom is -0.497 e. The van der Waals surface area contributed by atoms with Gasteiger partial charge in [-0.05, 0) is 76.3 Å². The van der Waals surface area contributed by atoms with Gasteiger partial charge < -0.3 is 10.1 Å². The number of nitrogens with zero attached hydrogens (tertiary/aromatic N) is 3. The molecular weight excluding hydrogens is 386 g/mol. The lowest BCUT2D eigenvalue weighted by Crippen LogP contribution is -2.53. The number of carbonyl (C=O) groups is 1. The summed E-state index contributed by atoms with van der Waals surface area (Å²) in [5.41, 5.74) is 0.890. The van der Waals surface area contributed by atoms with E-state index in [2.05, 4.69) is 34.3 Å². The second-order valence-corrected chi connectivity index (χ2v) is 8.51. The maximum atomic E-state index is 12.5. The van der Waals surface area contributed by atoms with E-state index in [-0.39, 0.29) is 11.4 Å². The van der Waals surface area contributed by atoms with Crippen LogP contribution in [0.2, 0.25) is 0 Å². The minimum atomic E-state index is -0.0315. The van der Waals surface area contributed by atoms with E-state index in [1.54, 1.807) is 7.11 Å². The number of aromatic amines is 1. The van der Waals surface area contributed by atoms with Crippen LogP contribution in [0.1, 0.15) is 39.5 Å². The summed E-state index contributed by atoms with van der Waals surface area (Å²) >= 11 is 5.36. The van der Waals surface area contributed by atoms with Gasteiger partial charge in [0.25, 0.3) is 0 Å². The van der Waals surface area contributed by atoms with E-state index >= 15 is 0 Å². The van der Waals surface area contributed by atoms with Crippen LogP contribution in [0.3, 0.4) is 0 Å². The Morgan fingerprint density at radius 3 is 2.59 bits per heavy atom. The molecule has 2 heterocycles. The Hall–Kier alpha value is -2.19. The molecule has 0 bridgehead atoms. The number of benzene rings is 1. The molecule has 0 unspecified atom stereocenters. The summed E-state index contributed by atoms with van der Waals surface area (Å²) in [4.78, 5) is 15.0. The van der Waals surface area contributed by atoms with E-state index in [9.17, 15) is 4.79 Å². The van der Waals surface area contributed by atoms with Crippen molar-refractivity contribution in [1.29, 1.82) is 0 Å². The lowest BCUT2D eigenvalue weighted by atomic mass is 9.98. The molecule has 2 N–H and O–H groups in total. The van der Waals surface area contributed by atoms with Gasteiger partial charge in [-0.25, -0.2) is 0 Å². The quantitative estimate of drug-likeness (QED) is 0.644. The largest absolute Gasteiger partial charge is 0.497 e. The van der Waals surface area contributed by atoms with Gasteiger partial charge in [-0.3, -0.25) is 19.4 Å². The maximum absolute atomic E-state index is 12.5. The number of H-pyrrole nitrogens is 1. The Bertz CT molecular complexity index is 866. The van der Waals surface area contributed by atoms with Crippen LogP contribution in [0, 0.1) is 4.77 Å². The Morgan fingerprint density at radius 2 is 1.93 bits per heavy atom. The molecule has 1 aromatic carbocycles. The highest BCUT2D eigenvalue weighted by Gasteiger charge is 2.28. The summed E-state index contributed by atoms with van der Waals surface area (Å²) in [6, 6.07) is 7.63. The van der Waals surface area contributed by atoms with Crippen LogP contribution in [0.15, 0.2) is 24.3 Å². The van der Waals surface area contributed by atoms with Crippen LogP contribution < -0.4 is 10.1 Å². The van der Waals surface area contributed by atoms with Crippen molar-refractivity contribution in [3.8, 4) is 17.1 Å². The Morgan fingerprint density at radius 1 is 1.24 bits per heavy atom. The number of carbonyl (C=O) groups excluding carboxylic acids is 1. The number of aromatic nitrogens is 3. The third-order valence-corrected chi connectivity index (χ3v) is 5.91. The number of hydrogen-bond donors (Lipinski definition) is 2. The van der Waals surface area contributed by atoms with E-state index in [1.807, 2.05) is 28.8 Å². The van der Waals surface area contributed by atoms with Crippen molar-refractivity contribution in [2.75, 3.05) is 26.7 Å². The normalized spacial score (nSPS) is 15.3. The second kappa shape index (κ2) is 9.54. The summed E-state index contributed by atoms with van der Waals surface area (Å²) < 4.78 is 7.58. The first kappa shape index (κ1) is 21.5. The molecule has 0 radical (unpaired) electrons. The molecule has 1 amide bonds. The molecule has 8 heteroatoms. The zero-order chi connectivity index (χ0) is 20.9. The third-order valence-electron chi connectivity index (χ3n) is 5.60. The highest BCUT2D eigenvalue weighted by molar-refractivity contribution is 7.71. The molecule has 0 saturated carbocycles. The summed E-state index contributed by atoms with van der Waals surface area (Å²) in [6.07, 6.45) is 4.14. The molecule has 2 aromatic rings. The van der Waals surface area contributed by atoms with Crippen molar-refractivity contribution in [2.45, 2.75) is 51.6 Å².